The Morgan fingerprint density at radius 3 is 1.01 bits per heavy atom. The van der Waals surface area contributed by atoms with E-state index in [1.807, 2.05) is 12.2 Å². The SMILES string of the molecule is CC/C=C\C/C=C\C/C=C\C/C=C\C/C=C\C/C=C\CCC(=O)OCC(COC(=O)CCCCC/C=C\C=C/CCCCCCCCC)OC(=O)CCCCC/C=C\C/C=C\C/C=C\C/C=C\C/C=C\CC. The van der Waals surface area contributed by atoms with Crippen molar-refractivity contribution in [2.24, 2.45) is 0 Å². The Morgan fingerprint density at radius 1 is 0.306 bits per heavy atom. The van der Waals surface area contributed by atoms with Crippen molar-refractivity contribution >= 4 is 17.9 Å². The molecule has 0 radical (unpaired) electrons. The molecule has 0 aliphatic carbocycles. The zero-order chi connectivity index (χ0) is 52.2. The van der Waals surface area contributed by atoms with Gasteiger partial charge in [-0.2, -0.15) is 0 Å². The second kappa shape index (κ2) is 58.6. The molecule has 0 bridgehead atoms. The standard InChI is InChI=1S/C66H102O6/c1-4-7-10-13-16-19-22-25-28-31-33-35-38-41-44-47-50-53-56-59-65(68)71-62-63(61-70-64(67)58-55-52-49-46-43-40-37-30-27-24-21-18-15-12-9-6-3)72-66(69)60-57-54-51-48-45-42-39-36-34-32-29-26-23-20-17-14-11-8-5-2/h7-8,10-11,16-17,19-20,25-26,28-30,33-37,40-45,50,53,63H,4-6,9,12-15,18,21-24,27,31-32,38-39,46-49,51-52,54-62H2,1-3H3/b10-7-,11-8-,19-16-,20-17-,28-25-,29-26-,35-33-,36-34-,37-30-,43-40-,44-41-,45-42-,53-50-. The lowest BCUT2D eigenvalue weighted by Crippen LogP contribution is -2.30. The van der Waals surface area contributed by atoms with Crippen molar-refractivity contribution in [3.8, 4) is 0 Å². The molecule has 0 spiro atoms. The maximum absolute atomic E-state index is 12.9. The highest BCUT2D eigenvalue weighted by molar-refractivity contribution is 5.71. The fraction of sp³-hybridized carbons (Fsp3) is 0.561. The average Bonchev–Trinajstić information content (AvgIpc) is 3.38. The lowest BCUT2D eigenvalue weighted by molar-refractivity contribution is -0.166. The van der Waals surface area contributed by atoms with E-state index in [-0.39, 0.29) is 44.0 Å². The van der Waals surface area contributed by atoms with Crippen LogP contribution in [0.3, 0.4) is 0 Å². The third kappa shape index (κ3) is 56.0. The molecule has 0 amide bonds. The number of esters is 3. The van der Waals surface area contributed by atoms with Crippen molar-refractivity contribution in [1.82, 2.24) is 0 Å². The predicted octanol–water partition coefficient (Wildman–Crippen LogP) is 19.4. The van der Waals surface area contributed by atoms with Crippen LogP contribution < -0.4 is 0 Å². The quantitative estimate of drug-likeness (QED) is 0.0199. The Labute approximate surface area is 441 Å². The minimum absolute atomic E-state index is 0.136. The van der Waals surface area contributed by atoms with Crippen LogP contribution in [0.25, 0.3) is 0 Å². The first-order chi connectivity index (χ1) is 35.5. The molecule has 0 saturated carbocycles. The molecule has 0 N–H and O–H groups in total. The van der Waals surface area contributed by atoms with Crippen LogP contribution in [0.1, 0.15) is 220 Å². The van der Waals surface area contributed by atoms with E-state index in [1.54, 1.807) is 0 Å². The molecule has 0 rings (SSSR count). The lowest BCUT2D eigenvalue weighted by atomic mass is 10.1. The molecule has 0 aromatic carbocycles. The highest BCUT2D eigenvalue weighted by Crippen LogP contribution is 2.11. The van der Waals surface area contributed by atoms with Gasteiger partial charge in [0.05, 0.1) is 0 Å². The molecule has 0 aliphatic rings. The molecule has 1 atom stereocenters. The monoisotopic (exact) mass is 991 g/mol. The van der Waals surface area contributed by atoms with Crippen LogP contribution in [-0.2, 0) is 28.6 Å². The summed E-state index contributed by atoms with van der Waals surface area (Å²) in [6.07, 6.45) is 85.3. The van der Waals surface area contributed by atoms with Gasteiger partial charge in [0.1, 0.15) is 13.2 Å². The van der Waals surface area contributed by atoms with Crippen molar-refractivity contribution in [3.05, 3.63) is 158 Å². The van der Waals surface area contributed by atoms with Gasteiger partial charge in [0.2, 0.25) is 0 Å². The largest absolute Gasteiger partial charge is 0.462 e. The van der Waals surface area contributed by atoms with E-state index < -0.39 is 6.10 Å². The summed E-state index contributed by atoms with van der Waals surface area (Å²) in [5, 5.41) is 0. The van der Waals surface area contributed by atoms with Gasteiger partial charge in [-0.05, 0) is 128 Å². The van der Waals surface area contributed by atoms with Crippen molar-refractivity contribution < 1.29 is 28.6 Å². The van der Waals surface area contributed by atoms with Crippen LogP contribution in [0.2, 0.25) is 0 Å². The summed E-state index contributed by atoms with van der Waals surface area (Å²) in [5.74, 6) is -1.09. The third-order valence-corrected chi connectivity index (χ3v) is 11.3. The first-order valence-electron chi connectivity index (χ1n) is 28.5. The zero-order valence-electron chi connectivity index (χ0n) is 45.9. The molecule has 0 aliphatic heterocycles. The lowest BCUT2D eigenvalue weighted by Gasteiger charge is -2.18. The first kappa shape index (κ1) is 67.0. The van der Waals surface area contributed by atoms with E-state index in [1.165, 1.54) is 44.9 Å². The average molecular weight is 992 g/mol. The van der Waals surface area contributed by atoms with Gasteiger partial charge in [-0.25, -0.2) is 0 Å². The topological polar surface area (TPSA) is 78.9 Å². The molecular weight excluding hydrogens is 889 g/mol. The molecule has 0 fully saturated rings. The van der Waals surface area contributed by atoms with E-state index in [9.17, 15) is 14.4 Å². The van der Waals surface area contributed by atoms with Crippen LogP contribution in [-0.4, -0.2) is 37.2 Å². The molecular formula is C66H102O6. The van der Waals surface area contributed by atoms with Crippen LogP contribution >= 0.6 is 0 Å². The smallest absolute Gasteiger partial charge is 0.306 e. The Bertz CT molecular complexity index is 1660. The number of unbranched alkanes of at least 4 members (excludes halogenated alkanes) is 13. The van der Waals surface area contributed by atoms with E-state index in [0.29, 0.717) is 19.3 Å². The maximum Gasteiger partial charge on any atom is 0.306 e. The molecule has 0 aromatic rings. The van der Waals surface area contributed by atoms with Crippen molar-refractivity contribution in [1.29, 1.82) is 0 Å². The van der Waals surface area contributed by atoms with Gasteiger partial charge in [-0.15, -0.1) is 0 Å². The van der Waals surface area contributed by atoms with Gasteiger partial charge in [0, 0.05) is 19.3 Å². The van der Waals surface area contributed by atoms with Gasteiger partial charge in [0.15, 0.2) is 6.10 Å². The number of hydrogen-bond acceptors (Lipinski definition) is 6. The zero-order valence-corrected chi connectivity index (χ0v) is 45.9. The highest BCUT2D eigenvalue weighted by Gasteiger charge is 2.19. The summed E-state index contributed by atoms with van der Waals surface area (Å²) in [6, 6.07) is 0. The van der Waals surface area contributed by atoms with Gasteiger partial charge < -0.3 is 14.2 Å². The van der Waals surface area contributed by atoms with Crippen LogP contribution in [0.15, 0.2) is 158 Å². The summed E-state index contributed by atoms with van der Waals surface area (Å²) >= 11 is 0. The van der Waals surface area contributed by atoms with Gasteiger partial charge in [-0.3, -0.25) is 14.4 Å². The number of allylic oxidation sites excluding steroid dienone is 26. The number of hydrogen-bond donors (Lipinski definition) is 0. The predicted molar refractivity (Wildman–Crippen MR) is 311 cm³/mol. The summed E-state index contributed by atoms with van der Waals surface area (Å²) in [6.45, 7) is 6.27. The van der Waals surface area contributed by atoms with Crippen molar-refractivity contribution in [3.63, 3.8) is 0 Å². The normalized spacial score (nSPS) is 13.3. The van der Waals surface area contributed by atoms with Crippen molar-refractivity contribution in [2.45, 2.75) is 226 Å². The molecule has 0 saturated heterocycles. The molecule has 0 aromatic heterocycles. The minimum atomic E-state index is -0.846. The van der Waals surface area contributed by atoms with Gasteiger partial charge >= 0.3 is 17.9 Å². The molecule has 1 unspecified atom stereocenters. The van der Waals surface area contributed by atoms with E-state index in [0.717, 1.165) is 122 Å². The second-order valence-corrected chi connectivity index (χ2v) is 18.1. The second-order valence-electron chi connectivity index (χ2n) is 18.1. The Balaban J connectivity index is 4.64. The minimum Gasteiger partial charge on any atom is -0.462 e. The molecule has 6 heteroatoms. The van der Waals surface area contributed by atoms with Crippen LogP contribution in [0.4, 0.5) is 0 Å². The van der Waals surface area contributed by atoms with E-state index in [4.69, 9.17) is 14.2 Å². The summed E-state index contributed by atoms with van der Waals surface area (Å²) < 4.78 is 16.7. The van der Waals surface area contributed by atoms with Gasteiger partial charge in [-0.1, -0.05) is 230 Å². The maximum atomic E-state index is 12.9. The van der Waals surface area contributed by atoms with E-state index >= 15 is 0 Å². The fourth-order valence-corrected chi connectivity index (χ4v) is 7.07. The molecule has 72 heavy (non-hydrogen) atoms. The Hall–Kier alpha value is -4.97. The molecule has 6 nitrogen and oxygen atoms in total. The summed E-state index contributed by atoms with van der Waals surface area (Å²) in [4.78, 5) is 38.1. The third-order valence-electron chi connectivity index (χ3n) is 11.3. The number of ether oxygens (including phenoxy) is 3. The number of carbonyl (C=O) groups excluding carboxylic acids is 3. The summed E-state index contributed by atoms with van der Waals surface area (Å²) in [7, 11) is 0. The number of carbonyl (C=O) groups is 3. The highest BCUT2D eigenvalue weighted by atomic mass is 16.6. The fourth-order valence-electron chi connectivity index (χ4n) is 7.07. The summed E-state index contributed by atoms with van der Waals surface area (Å²) in [5.41, 5.74) is 0. The van der Waals surface area contributed by atoms with Crippen LogP contribution in [0.5, 0.6) is 0 Å². The van der Waals surface area contributed by atoms with Crippen molar-refractivity contribution in [2.75, 3.05) is 13.2 Å². The Kier molecular flexibility index (Phi) is 54.6. The van der Waals surface area contributed by atoms with E-state index in [2.05, 4.69) is 167 Å². The number of rotatable bonds is 49. The van der Waals surface area contributed by atoms with Gasteiger partial charge in [0.25, 0.3) is 0 Å². The Morgan fingerprint density at radius 2 is 0.611 bits per heavy atom. The van der Waals surface area contributed by atoms with Crippen LogP contribution in [0, 0.1) is 0 Å². The molecule has 402 valence electrons. The molecule has 0 heterocycles. The first-order valence-corrected chi connectivity index (χ1v) is 28.5.